The van der Waals surface area contributed by atoms with Gasteiger partial charge in [-0.2, -0.15) is 0 Å². The predicted molar refractivity (Wildman–Crippen MR) is 78.4 cm³/mol. The summed E-state index contributed by atoms with van der Waals surface area (Å²) in [5.74, 6) is 0.634. The molecular weight excluding hydrogens is 296 g/mol. The lowest BCUT2D eigenvalue weighted by atomic mass is 10.3. The highest BCUT2D eigenvalue weighted by atomic mass is 35.5. The molecule has 3 rings (SSSR count). The van der Waals surface area contributed by atoms with Gasteiger partial charge >= 0.3 is 0 Å². The first kappa shape index (κ1) is 13.4. The average Bonchev–Trinajstić information content (AvgIpc) is 3.13. The smallest absolute Gasteiger partial charge is 0.270 e. The van der Waals surface area contributed by atoms with E-state index in [9.17, 15) is 4.79 Å². The fourth-order valence-electron chi connectivity index (χ4n) is 1.64. The molecule has 1 saturated carbocycles. The van der Waals surface area contributed by atoms with Crippen LogP contribution in [-0.2, 0) is 6.61 Å². The number of hydrogen-bond donors (Lipinski definition) is 1. The SMILES string of the molecule is O=C(NC1CC1)c1csc(COc2ccc(Cl)cc2)n1. The lowest BCUT2D eigenvalue weighted by molar-refractivity contribution is 0.0946. The molecule has 20 heavy (non-hydrogen) atoms. The topological polar surface area (TPSA) is 51.2 Å². The fourth-order valence-corrected chi connectivity index (χ4v) is 2.46. The largest absolute Gasteiger partial charge is 0.486 e. The van der Waals surface area contributed by atoms with Crippen LogP contribution in [0.25, 0.3) is 0 Å². The number of halogens is 1. The first-order chi connectivity index (χ1) is 9.70. The van der Waals surface area contributed by atoms with Crippen LogP contribution >= 0.6 is 22.9 Å². The van der Waals surface area contributed by atoms with E-state index in [1.54, 1.807) is 29.6 Å². The monoisotopic (exact) mass is 308 g/mol. The van der Waals surface area contributed by atoms with Gasteiger partial charge in [0.1, 0.15) is 23.1 Å². The van der Waals surface area contributed by atoms with E-state index in [2.05, 4.69) is 10.3 Å². The number of rotatable bonds is 5. The molecule has 0 bridgehead atoms. The number of nitrogens with one attached hydrogen (secondary N) is 1. The van der Waals surface area contributed by atoms with Crippen molar-refractivity contribution in [1.29, 1.82) is 0 Å². The second kappa shape index (κ2) is 5.81. The van der Waals surface area contributed by atoms with Crippen LogP contribution in [0.3, 0.4) is 0 Å². The minimum Gasteiger partial charge on any atom is -0.486 e. The Hall–Kier alpha value is -1.59. The van der Waals surface area contributed by atoms with E-state index < -0.39 is 0 Å². The molecule has 1 aliphatic rings. The molecule has 0 spiro atoms. The highest BCUT2D eigenvalue weighted by Gasteiger charge is 2.24. The zero-order valence-corrected chi connectivity index (χ0v) is 12.2. The quantitative estimate of drug-likeness (QED) is 0.922. The third-order valence-electron chi connectivity index (χ3n) is 2.87. The Labute approximate surface area is 125 Å². The normalized spacial score (nSPS) is 14.1. The molecule has 6 heteroatoms. The van der Waals surface area contributed by atoms with Crippen molar-refractivity contribution in [3.05, 3.63) is 45.4 Å². The molecule has 104 valence electrons. The average molecular weight is 309 g/mol. The number of carbonyl (C=O) groups is 1. The number of nitrogens with zero attached hydrogens (tertiary/aromatic N) is 1. The van der Waals surface area contributed by atoms with Crippen molar-refractivity contribution in [3.63, 3.8) is 0 Å². The van der Waals surface area contributed by atoms with Crippen molar-refractivity contribution in [2.24, 2.45) is 0 Å². The molecule has 0 atom stereocenters. The fraction of sp³-hybridized carbons (Fsp3) is 0.286. The molecule has 1 aromatic carbocycles. The summed E-state index contributed by atoms with van der Waals surface area (Å²) in [6.07, 6.45) is 2.14. The molecular formula is C14H13ClN2O2S. The molecule has 2 aromatic rings. The number of amides is 1. The maximum absolute atomic E-state index is 11.8. The van der Waals surface area contributed by atoms with Gasteiger partial charge in [-0.25, -0.2) is 4.98 Å². The van der Waals surface area contributed by atoms with Crippen LogP contribution in [-0.4, -0.2) is 16.9 Å². The van der Waals surface area contributed by atoms with Gasteiger partial charge in [0.15, 0.2) is 0 Å². The van der Waals surface area contributed by atoms with Crippen molar-refractivity contribution in [2.45, 2.75) is 25.5 Å². The van der Waals surface area contributed by atoms with Crippen molar-refractivity contribution >= 4 is 28.8 Å². The Morgan fingerprint density at radius 3 is 2.85 bits per heavy atom. The van der Waals surface area contributed by atoms with E-state index in [1.165, 1.54) is 11.3 Å². The molecule has 1 heterocycles. The van der Waals surface area contributed by atoms with Crippen LogP contribution in [0.5, 0.6) is 5.75 Å². The van der Waals surface area contributed by atoms with E-state index in [0.29, 0.717) is 23.4 Å². The molecule has 4 nitrogen and oxygen atoms in total. The summed E-state index contributed by atoms with van der Waals surface area (Å²) in [6, 6.07) is 7.49. The van der Waals surface area contributed by atoms with Crippen molar-refractivity contribution in [3.8, 4) is 5.75 Å². The van der Waals surface area contributed by atoms with Crippen LogP contribution in [0.1, 0.15) is 28.3 Å². The van der Waals surface area contributed by atoms with E-state index in [-0.39, 0.29) is 5.91 Å². The predicted octanol–water partition coefficient (Wildman–Crippen LogP) is 3.27. The van der Waals surface area contributed by atoms with Gasteiger partial charge < -0.3 is 10.1 Å². The number of ether oxygens (including phenoxy) is 1. The van der Waals surface area contributed by atoms with Crippen molar-refractivity contribution in [1.82, 2.24) is 10.3 Å². The molecule has 1 N–H and O–H groups in total. The maximum Gasteiger partial charge on any atom is 0.270 e. The van der Waals surface area contributed by atoms with Crippen LogP contribution in [0.2, 0.25) is 5.02 Å². The first-order valence-electron chi connectivity index (χ1n) is 6.34. The summed E-state index contributed by atoms with van der Waals surface area (Å²) in [4.78, 5) is 16.1. The van der Waals surface area contributed by atoms with Gasteiger partial charge in [-0.1, -0.05) is 11.6 Å². The number of aromatic nitrogens is 1. The summed E-state index contributed by atoms with van der Waals surface area (Å²) in [6.45, 7) is 0.350. The molecule has 1 aromatic heterocycles. The standard InChI is InChI=1S/C14H13ClN2O2S/c15-9-1-5-11(6-2-9)19-7-13-17-12(8-20-13)14(18)16-10-3-4-10/h1-2,5-6,8,10H,3-4,7H2,(H,16,18). The summed E-state index contributed by atoms with van der Waals surface area (Å²) >= 11 is 7.23. The Morgan fingerprint density at radius 2 is 2.15 bits per heavy atom. The van der Waals surface area contributed by atoms with Gasteiger partial charge in [-0.3, -0.25) is 4.79 Å². The second-order valence-electron chi connectivity index (χ2n) is 4.62. The van der Waals surface area contributed by atoms with Gasteiger partial charge in [-0.05, 0) is 37.1 Å². The zero-order valence-electron chi connectivity index (χ0n) is 10.6. The molecule has 0 radical (unpaired) electrons. The van der Waals surface area contributed by atoms with Crippen molar-refractivity contribution < 1.29 is 9.53 Å². The minimum atomic E-state index is -0.0958. The number of benzene rings is 1. The third-order valence-corrected chi connectivity index (χ3v) is 3.95. The molecule has 1 aliphatic carbocycles. The Kier molecular flexibility index (Phi) is 3.89. The van der Waals surface area contributed by atoms with Crippen LogP contribution in [0.4, 0.5) is 0 Å². The Morgan fingerprint density at radius 1 is 1.40 bits per heavy atom. The highest BCUT2D eigenvalue weighted by molar-refractivity contribution is 7.09. The summed E-state index contributed by atoms with van der Waals surface area (Å²) in [5, 5.41) is 6.13. The lowest BCUT2D eigenvalue weighted by Crippen LogP contribution is -2.25. The van der Waals surface area contributed by atoms with E-state index >= 15 is 0 Å². The minimum absolute atomic E-state index is 0.0958. The first-order valence-corrected chi connectivity index (χ1v) is 7.60. The second-order valence-corrected chi connectivity index (χ2v) is 6.00. The lowest BCUT2D eigenvalue weighted by Gasteiger charge is -2.03. The van der Waals surface area contributed by atoms with Gasteiger partial charge in [0.25, 0.3) is 5.91 Å². The van der Waals surface area contributed by atoms with Crippen LogP contribution in [0, 0.1) is 0 Å². The Balaban J connectivity index is 1.56. The number of hydrogen-bond acceptors (Lipinski definition) is 4. The Bertz CT molecular complexity index is 608. The summed E-state index contributed by atoms with van der Waals surface area (Å²) < 4.78 is 5.59. The van der Waals surface area contributed by atoms with Gasteiger partial charge in [0.05, 0.1) is 0 Å². The van der Waals surface area contributed by atoms with Crippen LogP contribution < -0.4 is 10.1 Å². The maximum atomic E-state index is 11.8. The highest BCUT2D eigenvalue weighted by Crippen LogP contribution is 2.21. The van der Waals surface area contributed by atoms with Crippen LogP contribution in [0.15, 0.2) is 29.6 Å². The summed E-state index contributed by atoms with van der Waals surface area (Å²) in [5.41, 5.74) is 0.469. The molecule has 0 saturated heterocycles. The molecule has 1 amide bonds. The molecule has 0 unspecified atom stereocenters. The molecule has 1 fully saturated rings. The summed E-state index contributed by atoms with van der Waals surface area (Å²) in [7, 11) is 0. The van der Waals surface area contributed by atoms with E-state index in [1.807, 2.05) is 0 Å². The van der Waals surface area contributed by atoms with E-state index in [4.69, 9.17) is 16.3 Å². The zero-order chi connectivity index (χ0) is 13.9. The number of carbonyl (C=O) groups excluding carboxylic acids is 1. The van der Waals surface area contributed by atoms with Gasteiger partial charge in [-0.15, -0.1) is 11.3 Å². The van der Waals surface area contributed by atoms with E-state index in [0.717, 1.165) is 23.6 Å². The third kappa shape index (κ3) is 3.49. The van der Waals surface area contributed by atoms with Gasteiger partial charge in [0, 0.05) is 16.4 Å². The van der Waals surface area contributed by atoms with Gasteiger partial charge in [0.2, 0.25) is 0 Å². The van der Waals surface area contributed by atoms with Crippen molar-refractivity contribution in [2.75, 3.05) is 0 Å². The molecule has 0 aliphatic heterocycles. The number of thiazole rings is 1.